The number of hydrogen-bond acceptors (Lipinski definition) is 6. The predicted octanol–water partition coefficient (Wildman–Crippen LogP) is 1.83. The van der Waals surface area contributed by atoms with Gasteiger partial charge in [-0.1, -0.05) is 23.9 Å². The second-order valence-electron chi connectivity index (χ2n) is 6.64. The molecule has 0 aliphatic carbocycles. The summed E-state index contributed by atoms with van der Waals surface area (Å²) in [6.07, 6.45) is 1.27. The van der Waals surface area contributed by atoms with Gasteiger partial charge in [-0.3, -0.25) is 4.79 Å². The van der Waals surface area contributed by atoms with Crippen molar-refractivity contribution in [3.05, 3.63) is 35.7 Å². The Labute approximate surface area is 157 Å². The van der Waals surface area contributed by atoms with Gasteiger partial charge >= 0.3 is 0 Å². The molecule has 1 saturated heterocycles. The zero-order chi connectivity index (χ0) is 18.7. The highest BCUT2D eigenvalue weighted by atomic mass is 32.2. The second kappa shape index (κ2) is 7.79. The fraction of sp³-hybridized carbons (Fsp3) is 0.471. The van der Waals surface area contributed by atoms with E-state index in [1.54, 1.807) is 0 Å². The van der Waals surface area contributed by atoms with E-state index >= 15 is 0 Å². The maximum atomic E-state index is 12.1. The summed E-state index contributed by atoms with van der Waals surface area (Å²) in [5, 5.41) is 11.8. The Morgan fingerprint density at radius 1 is 1.38 bits per heavy atom. The number of carbonyl (C=O) groups excluding carboxylic acids is 1. The van der Waals surface area contributed by atoms with Crippen LogP contribution in [0.1, 0.15) is 17.8 Å². The largest absolute Gasteiger partial charge is 0.325 e. The van der Waals surface area contributed by atoms with Crippen LogP contribution in [-0.2, 0) is 28.1 Å². The number of anilines is 1. The van der Waals surface area contributed by atoms with Crippen molar-refractivity contribution in [1.29, 1.82) is 0 Å². The van der Waals surface area contributed by atoms with Crippen LogP contribution in [0.3, 0.4) is 0 Å². The van der Waals surface area contributed by atoms with Gasteiger partial charge in [-0.25, -0.2) is 8.42 Å². The fourth-order valence-corrected chi connectivity index (χ4v) is 5.58. The summed E-state index contributed by atoms with van der Waals surface area (Å²) in [5.74, 6) is 1.47. The van der Waals surface area contributed by atoms with E-state index in [1.165, 1.54) is 11.8 Å². The van der Waals surface area contributed by atoms with Gasteiger partial charge in [0.05, 0.1) is 17.3 Å². The van der Waals surface area contributed by atoms with Gasteiger partial charge in [-0.15, -0.1) is 10.2 Å². The molecule has 0 spiro atoms. The lowest BCUT2D eigenvalue weighted by Crippen LogP contribution is -2.14. The Hall–Kier alpha value is -1.87. The zero-order valence-electron chi connectivity index (χ0n) is 14.8. The number of benzene rings is 1. The second-order valence-corrected chi connectivity index (χ2v) is 9.81. The molecule has 1 aromatic heterocycles. The Bertz CT molecular complexity index is 908. The topological polar surface area (TPSA) is 94.0 Å². The van der Waals surface area contributed by atoms with E-state index < -0.39 is 9.84 Å². The van der Waals surface area contributed by atoms with Gasteiger partial charge in [0.1, 0.15) is 5.82 Å². The van der Waals surface area contributed by atoms with Crippen LogP contribution in [0.4, 0.5) is 5.69 Å². The van der Waals surface area contributed by atoms with Crippen LogP contribution < -0.4 is 5.32 Å². The third-order valence-electron chi connectivity index (χ3n) is 4.36. The van der Waals surface area contributed by atoms with Gasteiger partial charge in [0, 0.05) is 19.2 Å². The molecule has 0 bridgehead atoms. The molecule has 9 heteroatoms. The van der Waals surface area contributed by atoms with Gasteiger partial charge < -0.3 is 9.88 Å². The molecule has 1 aliphatic rings. The van der Waals surface area contributed by atoms with Crippen molar-refractivity contribution in [2.75, 3.05) is 22.6 Å². The maximum absolute atomic E-state index is 12.1. The molecule has 140 valence electrons. The number of nitrogens with zero attached hydrogens (tertiary/aromatic N) is 3. The van der Waals surface area contributed by atoms with Crippen LogP contribution >= 0.6 is 11.8 Å². The lowest BCUT2D eigenvalue weighted by atomic mass is 10.1. The smallest absolute Gasteiger partial charge is 0.234 e. The van der Waals surface area contributed by atoms with Gasteiger partial charge in [0.2, 0.25) is 5.91 Å². The molecule has 2 heterocycles. The lowest BCUT2D eigenvalue weighted by Gasteiger charge is -2.08. The Kier molecular flexibility index (Phi) is 5.67. The van der Waals surface area contributed by atoms with E-state index in [-0.39, 0.29) is 29.1 Å². The minimum atomic E-state index is -2.89. The van der Waals surface area contributed by atoms with Gasteiger partial charge in [-0.2, -0.15) is 0 Å². The van der Waals surface area contributed by atoms with Crippen molar-refractivity contribution in [3.63, 3.8) is 0 Å². The maximum Gasteiger partial charge on any atom is 0.234 e. The number of amides is 1. The van der Waals surface area contributed by atoms with E-state index in [0.717, 1.165) is 17.1 Å². The normalized spacial score (nSPS) is 18.8. The van der Waals surface area contributed by atoms with E-state index in [0.29, 0.717) is 18.0 Å². The van der Waals surface area contributed by atoms with Crippen LogP contribution in [0, 0.1) is 12.8 Å². The van der Waals surface area contributed by atoms with Crippen molar-refractivity contribution in [3.8, 4) is 0 Å². The molecule has 2 aromatic rings. The molecule has 26 heavy (non-hydrogen) atoms. The summed E-state index contributed by atoms with van der Waals surface area (Å²) < 4.78 is 25.0. The highest BCUT2D eigenvalue weighted by Gasteiger charge is 2.29. The highest BCUT2D eigenvalue weighted by molar-refractivity contribution is 7.99. The molecule has 1 unspecified atom stereocenters. The van der Waals surface area contributed by atoms with Crippen LogP contribution in [0.25, 0.3) is 0 Å². The van der Waals surface area contributed by atoms with E-state index in [2.05, 4.69) is 15.5 Å². The molecule has 1 aliphatic heterocycles. The van der Waals surface area contributed by atoms with Crippen molar-refractivity contribution in [2.24, 2.45) is 13.0 Å². The highest BCUT2D eigenvalue weighted by Crippen LogP contribution is 2.24. The van der Waals surface area contributed by atoms with Crippen LogP contribution in [0.15, 0.2) is 29.4 Å². The molecule has 1 N–H and O–H groups in total. The first-order chi connectivity index (χ1) is 12.3. The van der Waals surface area contributed by atoms with Gasteiger partial charge in [0.25, 0.3) is 0 Å². The van der Waals surface area contributed by atoms with Crippen molar-refractivity contribution in [2.45, 2.75) is 24.9 Å². The number of thioether (sulfide) groups is 1. The van der Waals surface area contributed by atoms with Crippen LogP contribution in [0.2, 0.25) is 0 Å². The van der Waals surface area contributed by atoms with Gasteiger partial charge in [-0.05, 0) is 37.0 Å². The van der Waals surface area contributed by atoms with Crippen molar-refractivity contribution < 1.29 is 13.2 Å². The molecule has 1 fully saturated rings. The first-order valence-electron chi connectivity index (χ1n) is 8.40. The SMILES string of the molecule is Cc1cccc(NC(=O)CSc2nnc(CC3CCS(=O)(=O)C3)n2C)c1. The first kappa shape index (κ1) is 18.9. The average Bonchev–Trinajstić information content (AvgIpc) is 3.08. The third kappa shape index (κ3) is 4.85. The van der Waals surface area contributed by atoms with Crippen molar-refractivity contribution >= 4 is 33.2 Å². The Morgan fingerprint density at radius 3 is 2.88 bits per heavy atom. The predicted molar refractivity (Wildman–Crippen MR) is 102 cm³/mol. The minimum absolute atomic E-state index is 0.102. The van der Waals surface area contributed by atoms with E-state index in [1.807, 2.05) is 42.8 Å². The average molecular weight is 395 g/mol. The molecule has 3 rings (SSSR count). The van der Waals surface area contributed by atoms with Crippen LogP contribution in [-0.4, -0.2) is 46.3 Å². The standard InChI is InChI=1S/C17H22N4O3S2/c1-12-4-3-5-14(8-12)18-16(22)10-25-17-20-19-15(21(17)2)9-13-6-7-26(23,24)11-13/h3-5,8,13H,6-7,9-11H2,1-2H3,(H,18,22). The Morgan fingerprint density at radius 2 is 2.19 bits per heavy atom. The molecular weight excluding hydrogens is 372 g/mol. The molecule has 0 radical (unpaired) electrons. The number of aromatic nitrogens is 3. The quantitative estimate of drug-likeness (QED) is 0.751. The number of rotatable bonds is 6. The summed E-state index contributed by atoms with van der Waals surface area (Å²) in [5.41, 5.74) is 1.86. The lowest BCUT2D eigenvalue weighted by molar-refractivity contribution is -0.113. The number of carbonyl (C=O) groups is 1. The van der Waals surface area contributed by atoms with E-state index in [4.69, 9.17) is 0 Å². The van der Waals surface area contributed by atoms with Gasteiger partial charge in [0.15, 0.2) is 15.0 Å². The summed E-state index contributed by atoms with van der Waals surface area (Å²) in [4.78, 5) is 12.1. The van der Waals surface area contributed by atoms with E-state index in [9.17, 15) is 13.2 Å². The first-order valence-corrected chi connectivity index (χ1v) is 11.2. The molecule has 1 atom stereocenters. The molecule has 1 aromatic carbocycles. The number of aryl methyl sites for hydroxylation is 1. The summed E-state index contributed by atoms with van der Waals surface area (Å²) >= 11 is 1.32. The molecule has 1 amide bonds. The minimum Gasteiger partial charge on any atom is -0.325 e. The summed E-state index contributed by atoms with van der Waals surface area (Å²) in [6.45, 7) is 1.97. The monoisotopic (exact) mass is 394 g/mol. The summed E-state index contributed by atoms with van der Waals surface area (Å²) in [6, 6.07) is 7.64. The number of hydrogen-bond donors (Lipinski definition) is 1. The fourth-order valence-electron chi connectivity index (χ4n) is 2.99. The van der Waals surface area contributed by atoms with Crippen molar-refractivity contribution in [1.82, 2.24) is 14.8 Å². The molecular formula is C17H22N4O3S2. The summed E-state index contributed by atoms with van der Waals surface area (Å²) in [7, 11) is -1.04. The van der Waals surface area contributed by atoms with Crippen LogP contribution in [0.5, 0.6) is 0 Å². The number of nitrogens with one attached hydrogen (secondary N) is 1. The molecule has 0 saturated carbocycles. The third-order valence-corrected chi connectivity index (χ3v) is 7.21. The zero-order valence-corrected chi connectivity index (χ0v) is 16.4. The molecule has 7 nitrogen and oxygen atoms in total. The Balaban J connectivity index is 1.54. The number of sulfone groups is 1.